The van der Waals surface area contributed by atoms with E-state index in [-0.39, 0.29) is 28.3 Å². The van der Waals surface area contributed by atoms with Gasteiger partial charge >= 0.3 is 0 Å². The molecule has 0 aliphatic carbocycles. The van der Waals surface area contributed by atoms with Crippen LogP contribution in [0.3, 0.4) is 0 Å². The lowest BCUT2D eigenvalue weighted by atomic mass is 9.97. The monoisotopic (exact) mass is 343 g/mol. The number of carbonyl (C=O) groups is 2. The maximum atomic E-state index is 12.4. The van der Waals surface area contributed by atoms with Crippen LogP contribution >= 0.6 is 15.9 Å². The van der Waals surface area contributed by atoms with E-state index in [2.05, 4.69) is 26.1 Å². The van der Waals surface area contributed by atoms with Crippen molar-refractivity contribution in [2.45, 2.75) is 45.1 Å². The maximum absolute atomic E-state index is 12.4. The van der Waals surface area contributed by atoms with E-state index in [1.807, 2.05) is 20.8 Å². The van der Waals surface area contributed by atoms with Gasteiger partial charge in [0, 0.05) is 12.0 Å². The molecule has 1 aliphatic heterocycles. The third kappa shape index (κ3) is 2.92. The van der Waals surface area contributed by atoms with Gasteiger partial charge in [0.2, 0.25) is 17.6 Å². The molecule has 2 heterocycles. The summed E-state index contributed by atoms with van der Waals surface area (Å²) in [6, 6.07) is -0.478. The number of rotatable bonds is 3. The van der Waals surface area contributed by atoms with Crippen molar-refractivity contribution < 1.29 is 14.0 Å². The summed E-state index contributed by atoms with van der Waals surface area (Å²) in [5.74, 6) is 0.0719. The second-order valence-corrected chi connectivity index (χ2v) is 6.47. The Labute approximate surface area is 126 Å². The van der Waals surface area contributed by atoms with Crippen LogP contribution in [0.2, 0.25) is 0 Å². The van der Waals surface area contributed by atoms with Crippen molar-refractivity contribution in [2.24, 2.45) is 0 Å². The maximum Gasteiger partial charge on any atom is 0.286 e. The Morgan fingerprint density at radius 3 is 2.65 bits per heavy atom. The van der Waals surface area contributed by atoms with Crippen LogP contribution in [0.25, 0.3) is 0 Å². The Balaban J connectivity index is 2.19. The molecule has 0 radical (unpaired) electrons. The van der Waals surface area contributed by atoms with Crippen molar-refractivity contribution in [1.82, 2.24) is 15.1 Å². The van der Waals surface area contributed by atoms with Crippen molar-refractivity contribution in [1.29, 1.82) is 0 Å². The summed E-state index contributed by atoms with van der Waals surface area (Å²) in [7, 11) is 0. The van der Waals surface area contributed by atoms with Crippen molar-refractivity contribution in [3.63, 3.8) is 0 Å². The summed E-state index contributed by atoms with van der Waals surface area (Å²) in [6.07, 6.45) is 1.46. The summed E-state index contributed by atoms with van der Waals surface area (Å²) in [4.78, 5) is 25.8. The quantitative estimate of drug-likeness (QED) is 0.619. The molecule has 0 bridgehead atoms. The van der Waals surface area contributed by atoms with Crippen LogP contribution in [0.1, 0.15) is 50.2 Å². The second-order valence-electron chi connectivity index (χ2n) is 5.91. The van der Waals surface area contributed by atoms with Gasteiger partial charge < -0.3 is 9.32 Å². The number of aromatic nitrogens is 2. The number of carbonyl (C=O) groups excluding carboxylic acids is 2. The Morgan fingerprint density at radius 2 is 2.10 bits per heavy atom. The fraction of sp³-hybridized carbons (Fsp3) is 0.692. The van der Waals surface area contributed by atoms with Gasteiger partial charge in [-0.25, -0.2) is 0 Å². The molecule has 0 aromatic carbocycles. The van der Waals surface area contributed by atoms with Gasteiger partial charge in [-0.1, -0.05) is 36.7 Å². The summed E-state index contributed by atoms with van der Waals surface area (Å²) in [5, 5.41) is 7.97. The number of Topliss-reactive ketones (excluding diaryl/α,β-unsaturated/α-hetero) is 1. The van der Waals surface area contributed by atoms with Gasteiger partial charge in [0.05, 0.1) is 5.33 Å². The van der Waals surface area contributed by atoms with E-state index in [0.717, 1.165) is 6.42 Å². The zero-order valence-corrected chi connectivity index (χ0v) is 13.4. The summed E-state index contributed by atoms with van der Waals surface area (Å²) < 4.78 is 5.46. The molecule has 0 N–H and O–H groups in total. The van der Waals surface area contributed by atoms with Gasteiger partial charge in [0.15, 0.2) is 0 Å². The molecule has 110 valence electrons. The molecule has 0 unspecified atom stereocenters. The normalized spacial score (nSPS) is 19.4. The van der Waals surface area contributed by atoms with E-state index in [0.29, 0.717) is 18.9 Å². The lowest BCUT2D eigenvalue weighted by Gasteiger charge is -2.21. The molecule has 6 nitrogen and oxygen atoms in total. The zero-order valence-electron chi connectivity index (χ0n) is 11.9. The predicted molar refractivity (Wildman–Crippen MR) is 75.9 cm³/mol. The van der Waals surface area contributed by atoms with Crippen molar-refractivity contribution >= 4 is 27.6 Å². The standard InChI is InChI=1S/C13H18BrN3O3/c1-13(2,3)12-16-15-11(20-12)10(19)8-5-4-6-17(8)9(18)7-14/h8H,4-7H2,1-3H3/t8-/m1/s1. The number of nitrogens with zero attached hydrogens (tertiary/aromatic N) is 3. The average molecular weight is 344 g/mol. The molecule has 1 aliphatic rings. The Bertz CT molecular complexity index is 521. The minimum atomic E-state index is -0.478. The fourth-order valence-electron chi connectivity index (χ4n) is 2.18. The number of halogens is 1. The van der Waals surface area contributed by atoms with Crippen LogP contribution in [-0.4, -0.2) is 44.7 Å². The first-order chi connectivity index (χ1) is 9.34. The number of alkyl halides is 1. The Morgan fingerprint density at radius 1 is 1.40 bits per heavy atom. The van der Waals surface area contributed by atoms with E-state index in [4.69, 9.17) is 4.42 Å². The first-order valence-corrected chi connectivity index (χ1v) is 7.70. The number of likely N-dealkylation sites (tertiary alicyclic amines) is 1. The summed E-state index contributed by atoms with van der Waals surface area (Å²) in [6.45, 7) is 6.40. The lowest BCUT2D eigenvalue weighted by molar-refractivity contribution is -0.128. The summed E-state index contributed by atoms with van der Waals surface area (Å²) in [5.41, 5.74) is -0.299. The summed E-state index contributed by atoms with van der Waals surface area (Å²) >= 11 is 3.13. The molecule has 1 fully saturated rings. The van der Waals surface area contributed by atoms with Crippen LogP contribution in [0.5, 0.6) is 0 Å². The molecular formula is C13H18BrN3O3. The van der Waals surface area contributed by atoms with Crippen LogP contribution in [-0.2, 0) is 10.2 Å². The third-order valence-corrected chi connectivity index (χ3v) is 3.75. The van der Waals surface area contributed by atoms with Crippen LogP contribution in [0.15, 0.2) is 4.42 Å². The van der Waals surface area contributed by atoms with Crippen LogP contribution in [0.4, 0.5) is 0 Å². The molecule has 2 rings (SSSR count). The van der Waals surface area contributed by atoms with Gasteiger partial charge in [-0.3, -0.25) is 9.59 Å². The smallest absolute Gasteiger partial charge is 0.286 e. The highest BCUT2D eigenvalue weighted by Crippen LogP contribution is 2.24. The van der Waals surface area contributed by atoms with Crippen molar-refractivity contribution in [3.05, 3.63) is 11.8 Å². The first-order valence-electron chi connectivity index (χ1n) is 6.58. The van der Waals surface area contributed by atoms with E-state index >= 15 is 0 Å². The van der Waals surface area contributed by atoms with Crippen LogP contribution < -0.4 is 0 Å². The molecule has 1 atom stereocenters. The number of ketones is 1. The van der Waals surface area contributed by atoms with E-state index in [1.54, 1.807) is 4.90 Å². The highest BCUT2D eigenvalue weighted by molar-refractivity contribution is 9.09. The average Bonchev–Trinajstić information content (AvgIpc) is 3.04. The van der Waals surface area contributed by atoms with Crippen LogP contribution in [0, 0.1) is 0 Å². The van der Waals surface area contributed by atoms with Gasteiger partial charge in [0.1, 0.15) is 6.04 Å². The van der Waals surface area contributed by atoms with Crippen molar-refractivity contribution in [2.75, 3.05) is 11.9 Å². The SMILES string of the molecule is CC(C)(C)c1nnc(C(=O)[C@H]2CCCN2C(=O)CBr)o1. The zero-order chi connectivity index (χ0) is 14.9. The Kier molecular flexibility index (Phi) is 4.27. The molecule has 1 amide bonds. The second kappa shape index (κ2) is 5.63. The van der Waals surface area contributed by atoms with E-state index in [9.17, 15) is 9.59 Å². The molecule has 0 spiro atoms. The lowest BCUT2D eigenvalue weighted by Crippen LogP contribution is -2.41. The van der Waals surface area contributed by atoms with Gasteiger partial charge in [-0.05, 0) is 12.8 Å². The number of hydrogen-bond donors (Lipinski definition) is 0. The molecule has 7 heteroatoms. The minimum Gasteiger partial charge on any atom is -0.418 e. The molecule has 1 aromatic heterocycles. The van der Waals surface area contributed by atoms with Crippen molar-refractivity contribution in [3.8, 4) is 0 Å². The first kappa shape index (κ1) is 15.2. The van der Waals surface area contributed by atoms with Gasteiger partial charge in [0.25, 0.3) is 5.89 Å². The number of amides is 1. The molecular weight excluding hydrogens is 326 g/mol. The molecule has 0 saturated carbocycles. The Hall–Kier alpha value is -1.24. The molecule has 1 aromatic rings. The molecule has 20 heavy (non-hydrogen) atoms. The van der Waals surface area contributed by atoms with E-state index in [1.165, 1.54) is 0 Å². The largest absolute Gasteiger partial charge is 0.418 e. The highest BCUT2D eigenvalue weighted by atomic mass is 79.9. The van der Waals surface area contributed by atoms with Gasteiger partial charge in [-0.15, -0.1) is 10.2 Å². The fourth-order valence-corrected chi connectivity index (χ4v) is 2.51. The highest BCUT2D eigenvalue weighted by Gasteiger charge is 2.37. The minimum absolute atomic E-state index is 0.00537. The topological polar surface area (TPSA) is 76.3 Å². The van der Waals surface area contributed by atoms with E-state index < -0.39 is 6.04 Å². The molecule has 1 saturated heterocycles. The van der Waals surface area contributed by atoms with Gasteiger partial charge in [-0.2, -0.15) is 0 Å². The third-order valence-electron chi connectivity index (χ3n) is 3.27. The number of hydrogen-bond acceptors (Lipinski definition) is 5. The predicted octanol–water partition coefficient (Wildman–Crippen LogP) is 1.94.